The van der Waals surface area contributed by atoms with Gasteiger partial charge in [0.25, 0.3) is 0 Å². The average Bonchev–Trinajstić information content (AvgIpc) is 3.28. The fourth-order valence-corrected chi connectivity index (χ4v) is 3.81. The van der Waals surface area contributed by atoms with E-state index in [0.717, 1.165) is 49.1 Å². The molecule has 0 radical (unpaired) electrons. The maximum atomic E-state index is 12.7. The smallest absolute Gasteiger partial charge is 0.418 e. The molecule has 8 nitrogen and oxygen atoms in total. The number of ether oxygens (including phenoxy) is 4. The molecule has 0 saturated heterocycles. The summed E-state index contributed by atoms with van der Waals surface area (Å²) >= 11 is 0. The van der Waals surface area contributed by atoms with Crippen molar-refractivity contribution in [2.24, 2.45) is 5.92 Å². The van der Waals surface area contributed by atoms with Crippen LogP contribution in [0.4, 0.5) is 4.79 Å². The summed E-state index contributed by atoms with van der Waals surface area (Å²) in [5.41, 5.74) is 2.89. The highest BCUT2D eigenvalue weighted by Gasteiger charge is 2.18. The Hall–Kier alpha value is -2.84. The van der Waals surface area contributed by atoms with Gasteiger partial charge in [0.15, 0.2) is 6.10 Å². The third-order valence-corrected chi connectivity index (χ3v) is 5.80. The normalized spacial score (nSPS) is 12.0. The predicted molar refractivity (Wildman–Crippen MR) is 142 cm³/mol. The molecular formula is C29H43NO7. The van der Waals surface area contributed by atoms with Crippen LogP contribution in [0.2, 0.25) is 0 Å². The summed E-state index contributed by atoms with van der Waals surface area (Å²) in [4.78, 5) is 24.0. The van der Waals surface area contributed by atoms with E-state index < -0.39 is 12.1 Å². The molecule has 0 amide bonds. The van der Waals surface area contributed by atoms with E-state index in [0.29, 0.717) is 45.0 Å². The number of benzene rings is 1. The molecule has 0 spiro atoms. The first-order valence-corrected chi connectivity index (χ1v) is 13.4. The molecule has 1 N–H and O–H groups in total. The standard InChI is InChI=1S/C29H43NO7/c1-5-7-17-34-19-15-24-14-16-30(29(33)37-21-22(3)4)26(24)9-8-18-36-25-12-10-23(11-13-25)20-27(28(31)32)35-6-2/h10-14,16,22,27H,5-9,15,17-21H2,1-4H3,(H,31,32). The van der Waals surface area contributed by atoms with E-state index >= 15 is 0 Å². The van der Waals surface area contributed by atoms with E-state index in [1.54, 1.807) is 17.7 Å². The molecule has 1 aromatic carbocycles. The lowest BCUT2D eigenvalue weighted by atomic mass is 10.1. The van der Waals surface area contributed by atoms with Crippen molar-refractivity contribution >= 4 is 12.1 Å². The van der Waals surface area contributed by atoms with Gasteiger partial charge in [0, 0.05) is 31.5 Å². The van der Waals surface area contributed by atoms with E-state index in [9.17, 15) is 14.7 Å². The fourth-order valence-electron chi connectivity index (χ4n) is 3.81. The minimum Gasteiger partial charge on any atom is -0.494 e. The second kappa shape index (κ2) is 16.8. The number of hydrogen-bond donors (Lipinski definition) is 1. The highest BCUT2D eigenvalue weighted by Crippen LogP contribution is 2.18. The SMILES string of the molecule is CCCCOCCc1ccn(C(=O)OCC(C)C)c1CCCOc1ccc(CC(OCC)C(=O)O)cc1. The monoisotopic (exact) mass is 517 g/mol. The van der Waals surface area contributed by atoms with Gasteiger partial charge in [-0.05, 0) is 67.9 Å². The van der Waals surface area contributed by atoms with E-state index in [1.807, 2.05) is 44.2 Å². The summed E-state index contributed by atoms with van der Waals surface area (Å²) in [6.45, 7) is 10.5. The molecule has 1 aromatic heterocycles. The molecule has 0 bridgehead atoms. The van der Waals surface area contributed by atoms with Crippen LogP contribution in [0.3, 0.4) is 0 Å². The van der Waals surface area contributed by atoms with Gasteiger partial charge in [-0.2, -0.15) is 0 Å². The molecule has 0 aliphatic heterocycles. The molecule has 1 unspecified atom stereocenters. The molecule has 1 atom stereocenters. The topological polar surface area (TPSA) is 96.2 Å². The van der Waals surface area contributed by atoms with Gasteiger partial charge < -0.3 is 24.1 Å². The minimum atomic E-state index is -0.966. The largest absolute Gasteiger partial charge is 0.494 e. The fraction of sp³-hybridized carbons (Fsp3) is 0.586. The van der Waals surface area contributed by atoms with Crippen molar-refractivity contribution in [3.8, 4) is 5.75 Å². The van der Waals surface area contributed by atoms with Gasteiger partial charge >= 0.3 is 12.1 Å². The van der Waals surface area contributed by atoms with Gasteiger partial charge in [-0.3, -0.25) is 4.57 Å². The predicted octanol–water partition coefficient (Wildman–Crippen LogP) is 5.53. The summed E-state index contributed by atoms with van der Waals surface area (Å²) in [5.74, 6) is 0.0126. The Morgan fingerprint density at radius 1 is 0.973 bits per heavy atom. The van der Waals surface area contributed by atoms with E-state index in [1.165, 1.54) is 0 Å². The van der Waals surface area contributed by atoms with Gasteiger partial charge in [-0.25, -0.2) is 9.59 Å². The second-order valence-corrected chi connectivity index (χ2v) is 9.43. The Balaban J connectivity index is 1.93. The lowest BCUT2D eigenvalue weighted by Gasteiger charge is -2.14. The summed E-state index contributed by atoms with van der Waals surface area (Å²) < 4.78 is 24.0. The Labute approximate surface area is 220 Å². The van der Waals surface area contributed by atoms with Crippen LogP contribution in [0.1, 0.15) is 63.8 Å². The maximum Gasteiger partial charge on any atom is 0.418 e. The number of aliphatic carboxylic acids is 1. The lowest BCUT2D eigenvalue weighted by molar-refractivity contribution is -0.149. The summed E-state index contributed by atoms with van der Waals surface area (Å²) in [7, 11) is 0. The molecular weight excluding hydrogens is 474 g/mol. The van der Waals surface area contributed by atoms with E-state index in [2.05, 4.69) is 6.92 Å². The Morgan fingerprint density at radius 3 is 2.38 bits per heavy atom. The van der Waals surface area contributed by atoms with Crippen LogP contribution in [-0.4, -0.2) is 60.9 Å². The Morgan fingerprint density at radius 2 is 1.73 bits per heavy atom. The lowest BCUT2D eigenvalue weighted by Crippen LogP contribution is -2.26. The van der Waals surface area contributed by atoms with Crippen LogP contribution in [0, 0.1) is 5.92 Å². The number of nitrogens with zero attached hydrogens (tertiary/aromatic N) is 1. The van der Waals surface area contributed by atoms with Gasteiger partial charge in [-0.15, -0.1) is 0 Å². The number of carboxylic acids is 1. The first kappa shape index (κ1) is 30.4. The van der Waals surface area contributed by atoms with Crippen LogP contribution in [0.15, 0.2) is 36.5 Å². The number of rotatable bonds is 18. The molecule has 2 rings (SSSR count). The molecule has 8 heteroatoms. The zero-order chi connectivity index (χ0) is 27.0. The van der Waals surface area contributed by atoms with Crippen molar-refractivity contribution < 1.29 is 33.6 Å². The molecule has 37 heavy (non-hydrogen) atoms. The van der Waals surface area contributed by atoms with Crippen molar-refractivity contribution in [1.82, 2.24) is 4.57 Å². The first-order valence-electron chi connectivity index (χ1n) is 13.4. The zero-order valence-electron chi connectivity index (χ0n) is 22.7. The molecule has 0 saturated carbocycles. The molecule has 0 aliphatic carbocycles. The van der Waals surface area contributed by atoms with Crippen LogP contribution < -0.4 is 4.74 Å². The van der Waals surface area contributed by atoms with E-state index in [-0.39, 0.29) is 12.0 Å². The highest BCUT2D eigenvalue weighted by atomic mass is 16.5. The van der Waals surface area contributed by atoms with Gasteiger partial charge in [0.2, 0.25) is 0 Å². The van der Waals surface area contributed by atoms with Crippen LogP contribution in [0.25, 0.3) is 0 Å². The summed E-state index contributed by atoms with van der Waals surface area (Å²) in [6, 6.07) is 9.37. The highest BCUT2D eigenvalue weighted by molar-refractivity contribution is 5.73. The summed E-state index contributed by atoms with van der Waals surface area (Å²) in [5, 5.41) is 9.26. The van der Waals surface area contributed by atoms with Gasteiger partial charge in [0.1, 0.15) is 5.75 Å². The van der Waals surface area contributed by atoms with Crippen molar-refractivity contribution in [2.75, 3.05) is 33.0 Å². The minimum absolute atomic E-state index is 0.267. The van der Waals surface area contributed by atoms with Crippen LogP contribution in [-0.2, 0) is 38.3 Å². The van der Waals surface area contributed by atoms with Crippen molar-refractivity contribution in [3.63, 3.8) is 0 Å². The average molecular weight is 518 g/mol. The molecule has 0 fully saturated rings. The number of unbranched alkanes of at least 4 members (excludes halogenated alkanes) is 1. The molecule has 0 aliphatic rings. The van der Waals surface area contributed by atoms with Crippen LogP contribution >= 0.6 is 0 Å². The van der Waals surface area contributed by atoms with E-state index in [4.69, 9.17) is 18.9 Å². The number of carboxylic acid groups (broad SMARTS) is 1. The van der Waals surface area contributed by atoms with Crippen molar-refractivity contribution in [1.29, 1.82) is 0 Å². The Bertz CT molecular complexity index is 936. The molecule has 2 aromatic rings. The Kier molecular flexibility index (Phi) is 13.8. The quantitative estimate of drug-likeness (QED) is 0.260. The van der Waals surface area contributed by atoms with Gasteiger partial charge in [-0.1, -0.05) is 39.3 Å². The summed E-state index contributed by atoms with van der Waals surface area (Å²) in [6.07, 6.45) is 5.15. The number of carbonyl (C=O) groups is 2. The molecule has 206 valence electrons. The third kappa shape index (κ3) is 11.0. The van der Waals surface area contributed by atoms with Crippen molar-refractivity contribution in [2.45, 2.75) is 72.3 Å². The maximum absolute atomic E-state index is 12.7. The second-order valence-electron chi connectivity index (χ2n) is 9.43. The van der Waals surface area contributed by atoms with Crippen molar-refractivity contribution in [3.05, 3.63) is 53.3 Å². The number of carbonyl (C=O) groups excluding carboxylic acids is 1. The number of aromatic nitrogens is 1. The van der Waals surface area contributed by atoms with Gasteiger partial charge in [0.05, 0.1) is 19.8 Å². The third-order valence-electron chi connectivity index (χ3n) is 5.80. The zero-order valence-corrected chi connectivity index (χ0v) is 22.7. The first-order chi connectivity index (χ1) is 17.8. The number of hydrogen-bond acceptors (Lipinski definition) is 6. The van der Waals surface area contributed by atoms with Crippen LogP contribution in [0.5, 0.6) is 5.75 Å². The molecule has 1 heterocycles.